The van der Waals surface area contributed by atoms with Gasteiger partial charge in [0.1, 0.15) is 18.8 Å². The molecule has 3 aromatic carbocycles. The highest BCUT2D eigenvalue weighted by atomic mass is 32.1. The minimum Gasteiger partial charge on any atom is -0.460 e. The number of nitrogens with two attached hydrogens (primary N) is 1. The molecule has 3 atom stereocenters. The van der Waals surface area contributed by atoms with Crippen LogP contribution < -0.4 is 47.3 Å². The fourth-order valence-electron chi connectivity index (χ4n) is 9.67. The van der Waals surface area contributed by atoms with Gasteiger partial charge in [-0.15, -0.1) is 21.5 Å². The van der Waals surface area contributed by atoms with Crippen molar-refractivity contribution in [1.29, 1.82) is 0 Å². The van der Waals surface area contributed by atoms with Crippen LogP contribution in [0.25, 0.3) is 20.7 Å². The van der Waals surface area contributed by atoms with Gasteiger partial charge in [0.2, 0.25) is 24.0 Å². The Hall–Kier alpha value is -9.40. The van der Waals surface area contributed by atoms with E-state index in [2.05, 4.69) is 73.9 Å². The average Bonchev–Trinajstić information content (AvgIpc) is 1.69. The van der Waals surface area contributed by atoms with Crippen molar-refractivity contribution in [3.05, 3.63) is 117 Å². The number of aryl methyl sites for hydroxylation is 1. The molecule has 0 saturated carbocycles. The molecule has 0 aliphatic heterocycles. The minimum absolute atomic E-state index is 0.00977. The van der Waals surface area contributed by atoms with Crippen molar-refractivity contribution in [2.75, 3.05) is 188 Å². The van der Waals surface area contributed by atoms with E-state index < -0.39 is 65.5 Å². The highest BCUT2D eigenvalue weighted by Crippen LogP contribution is 2.32. The SMILES string of the molecule is CCC(OC(=O)c1csc(N(C)c2cc(C)c(Nc3nc4ccccc4s3)nn2)n1)Oc1cccc(C#CCNCC(=O)OCc2ccccc2NC(=O)[C@H](CCCNC(N)=O)NC(=O)CC(C)(C)NC(=O)[C@H](C)OCCOCCOCCOCCOCCOCCOCCOCCOCCOCCOCCN=[N+]=[N-])c1F. The first-order valence-electron chi connectivity index (χ1n) is 36.4. The number of nitrogens with one attached hydrogen (secondary N) is 6. The summed E-state index contributed by atoms with van der Waals surface area (Å²) in [5, 5.41) is 31.7. The zero-order chi connectivity index (χ0) is 80.4. The van der Waals surface area contributed by atoms with Crippen LogP contribution in [-0.2, 0) is 87.4 Å². The van der Waals surface area contributed by atoms with Crippen molar-refractivity contribution >= 4 is 96.2 Å². The number of urea groups is 1. The summed E-state index contributed by atoms with van der Waals surface area (Å²) in [5.74, 6) is 2.43. The lowest BCUT2D eigenvalue weighted by atomic mass is 9.99. The number of thiazole rings is 2. The first-order valence-corrected chi connectivity index (χ1v) is 38.1. The maximum absolute atomic E-state index is 15.8. The number of hydrogen-bond donors (Lipinski definition) is 7. The number of nitrogens with zero attached hydrogens (tertiary/aromatic N) is 8. The van der Waals surface area contributed by atoms with Crippen LogP contribution in [-0.4, -0.2) is 252 Å². The van der Waals surface area contributed by atoms with Crippen LogP contribution in [0.15, 0.2) is 83.3 Å². The Morgan fingerprint density at radius 3 is 1.95 bits per heavy atom. The van der Waals surface area contributed by atoms with Crippen LogP contribution in [0, 0.1) is 24.6 Å². The fraction of sp³-hybridized carbons (Fsp3) is 0.541. The minimum atomic E-state index is -1.18. The van der Waals surface area contributed by atoms with Crippen LogP contribution in [0.3, 0.4) is 0 Å². The standard InChI is InChI=1S/C74H102FN15O20S2/c1-7-65(110-70(95)59-51-111-73(84-59)90(6)62-47-52(2)67(88-87-62)85-72-83-57-19-10-11-22-61(57)112-72)109-60-21-12-16-54(66(60)75)17-13-23-78-49-64(92)108-50-55-15-8-9-18-56(55)82-69(94)58(20-14-24-79-71(76)96)81-63(91)48-74(4,5)86-68(93)53(3)107-46-45-106-44-43-105-42-41-104-40-39-103-38-37-102-36-35-101-34-33-100-32-31-99-30-29-98-28-27-97-26-25-80-89-77/h8-12,15-16,18-19,21-22,47,51,53,58,65,78H,7,14,20,23-46,48-50H2,1-6H3,(H,81,91)(H,82,94)(H,86,93)(H3,76,79,96)(H,83,85,88)/t53-,58-,65?/m0/s1. The van der Waals surface area contributed by atoms with Gasteiger partial charge in [-0.1, -0.05) is 71.6 Å². The van der Waals surface area contributed by atoms with Crippen molar-refractivity contribution in [1.82, 2.24) is 41.4 Å². The molecule has 0 aliphatic carbocycles. The van der Waals surface area contributed by atoms with E-state index in [1.54, 1.807) is 63.9 Å². The molecular formula is C74H102FN15O20S2. The molecule has 0 aliphatic rings. The number of fused-ring (bicyclic) bond motifs is 1. The first-order chi connectivity index (χ1) is 54.3. The molecule has 6 aromatic rings. The first kappa shape index (κ1) is 91.5. The lowest BCUT2D eigenvalue weighted by Crippen LogP contribution is -2.52. The number of ether oxygens (including phenoxy) is 14. The van der Waals surface area contributed by atoms with E-state index in [0.29, 0.717) is 165 Å². The summed E-state index contributed by atoms with van der Waals surface area (Å²) in [4.78, 5) is 91.8. The summed E-state index contributed by atoms with van der Waals surface area (Å²) >= 11 is 2.69. The topological polar surface area (TPSA) is 433 Å². The Labute approximate surface area is 657 Å². The van der Waals surface area contributed by atoms with Crippen molar-refractivity contribution in [3.8, 4) is 17.6 Å². The Morgan fingerprint density at radius 2 is 1.35 bits per heavy atom. The molecule has 1 unspecified atom stereocenters. The number of aromatic nitrogens is 4. The van der Waals surface area contributed by atoms with Gasteiger partial charge in [-0.05, 0) is 88.0 Å². The zero-order valence-electron chi connectivity index (χ0n) is 64.0. The van der Waals surface area contributed by atoms with Crippen molar-refractivity contribution in [3.63, 3.8) is 0 Å². The maximum atomic E-state index is 15.8. The van der Waals surface area contributed by atoms with Gasteiger partial charge < -0.3 is 104 Å². The van der Waals surface area contributed by atoms with Gasteiger partial charge >= 0.3 is 18.0 Å². The van der Waals surface area contributed by atoms with E-state index in [0.717, 1.165) is 15.8 Å². The Bertz CT molecular complexity index is 3910. The number of anilines is 5. The van der Waals surface area contributed by atoms with Crippen LogP contribution in [0.2, 0.25) is 0 Å². The number of para-hydroxylation sites is 2. The number of carbonyl (C=O) groups excluding carboxylic acids is 6. The van der Waals surface area contributed by atoms with E-state index >= 15 is 4.39 Å². The van der Waals surface area contributed by atoms with Crippen molar-refractivity contribution < 1.29 is 99.5 Å². The lowest BCUT2D eigenvalue weighted by Gasteiger charge is -2.28. The lowest BCUT2D eigenvalue weighted by molar-refractivity contribution is -0.143. The highest BCUT2D eigenvalue weighted by molar-refractivity contribution is 7.22. The highest BCUT2D eigenvalue weighted by Gasteiger charge is 2.30. The molecule has 8 N–H and O–H groups in total. The Morgan fingerprint density at radius 1 is 0.750 bits per heavy atom. The molecule has 35 nitrogen and oxygen atoms in total. The number of amides is 5. The number of azide groups is 1. The second kappa shape index (κ2) is 53.5. The summed E-state index contributed by atoms with van der Waals surface area (Å²) in [6, 6.07) is 18.7. The largest absolute Gasteiger partial charge is 0.460 e. The molecule has 0 spiro atoms. The maximum Gasteiger partial charge on any atom is 0.360 e. The molecule has 38 heteroatoms. The second-order valence-electron chi connectivity index (χ2n) is 24.8. The monoisotopic (exact) mass is 1600 g/mol. The quantitative estimate of drug-likeness (QED) is 0.00377. The van der Waals surface area contributed by atoms with Gasteiger partial charge in [0.15, 0.2) is 39.2 Å². The molecule has 3 aromatic heterocycles. The van der Waals surface area contributed by atoms with E-state index in [9.17, 15) is 28.8 Å². The van der Waals surface area contributed by atoms with Gasteiger partial charge in [0.05, 0.1) is 168 Å². The molecule has 3 heterocycles. The van der Waals surface area contributed by atoms with Gasteiger partial charge in [-0.25, -0.2) is 23.9 Å². The smallest absolute Gasteiger partial charge is 0.360 e. The third kappa shape index (κ3) is 36.8. The summed E-state index contributed by atoms with van der Waals surface area (Å²) < 4.78 is 94.2. The molecule has 112 heavy (non-hydrogen) atoms. The number of benzene rings is 3. The van der Waals surface area contributed by atoms with E-state index in [1.165, 1.54) is 46.3 Å². The van der Waals surface area contributed by atoms with E-state index in [1.807, 2.05) is 37.3 Å². The average molecular weight is 1600 g/mol. The van der Waals surface area contributed by atoms with E-state index in [4.69, 9.17) is 77.6 Å². The van der Waals surface area contributed by atoms with Gasteiger partial charge in [0, 0.05) is 60.1 Å². The van der Waals surface area contributed by atoms with Crippen molar-refractivity contribution in [2.45, 2.75) is 90.9 Å². The molecular weight excluding hydrogens is 1500 g/mol. The Balaban J connectivity index is 0.795. The third-order valence-electron chi connectivity index (χ3n) is 15.4. The number of halogens is 1. The van der Waals surface area contributed by atoms with Crippen LogP contribution in [0.4, 0.5) is 36.8 Å². The number of rotatable bonds is 59. The number of primary amides is 1. The fourth-order valence-corrected chi connectivity index (χ4v) is 11.3. The predicted molar refractivity (Wildman–Crippen MR) is 414 cm³/mol. The van der Waals surface area contributed by atoms with Gasteiger partial charge in [0.25, 0.3) is 0 Å². The molecule has 0 radical (unpaired) electrons. The molecule has 5 amide bonds. The summed E-state index contributed by atoms with van der Waals surface area (Å²) in [7, 11) is 1.74. The zero-order valence-corrected chi connectivity index (χ0v) is 65.6. The molecule has 6 rings (SSSR count). The third-order valence-corrected chi connectivity index (χ3v) is 17.3. The summed E-state index contributed by atoms with van der Waals surface area (Å²) in [5.41, 5.74) is 14.8. The molecule has 0 fully saturated rings. The summed E-state index contributed by atoms with van der Waals surface area (Å²) in [6.45, 7) is 16.4. The van der Waals surface area contributed by atoms with E-state index in [-0.39, 0.29) is 82.1 Å². The van der Waals surface area contributed by atoms with Gasteiger partial charge in [-0.3, -0.25) is 24.5 Å². The molecule has 612 valence electrons. The molecule has 0 bridgehead atoms. The normalized spacial score (nSPS) is 12.0. The van der Waals surface area contributed by atoms with Crippen molar-refractivity contribution in [2.24, 2.45) is 10.8 Å². The Kier molecular flexibility index (Phi) is 43.7. The number of esters is 2. The van der Waals surface area contributed by atoms with Crippen LogP contribution >= 0.6 is 22.7 Å². The van der Waals surface area contributed by atoms with Crippen LogP contribution in [0.1, 0.15) is 80.6 Å². The number of carbonyl (C=O) groups is 6. The van der Waals surface area contributed by atoms with Crippen LogP contribution in [0.5, 0.6) is 5.75 Å². The second-order valence-corrected chi connectivity index (χ2v) is 26.7. The van der Waals surface area contributed by atoms with Gasteiger partial charge in [-0.2, -0.15) is 0 Å². The summed E-state index contributed by atoms with van der Waals surface area (Å²) in [6.07, 6.45) is -1.81. The molecule has 0 saturated heterocycles. The number of hydrogen-bond acceptors (Lipinski definition) is 30. The predicted octanol–water partition coefficient (Wildman–Crippen LogP) is 7.20.